The number of unbranched alkanes of at least 4 members (excludes halogenated alkanes) is 10. The maximum absolute atomic E-state index is 5.52. The second kappa shape index (κ2) is 14.5. The zero-order valence-electron chi connectivity index (χ0n) is 17.2. The van der Waals surface area contributed by atoms with Gasteiger partial charge in [0.2, 0.25) is 0 Å². The lowest BCUT2D eigenvalue weighted by Gasteiger charge is -2.10. The van der Waals surface area contributed by atoms with E-state index in [1.165, 1.54) is 93.8 Å². The fourth-order valence-electron chi connectivity index (χ4n) is 3.72. The molecule has 1 aliphatic rings. The number of nitrogens with two attached hydrogens (primary N) is 1. The van der Waals surface area contributed by atoms with Gasteiger partial charge in [0.25, 0.3) is 0 Å². The standard InChI is InChI=1S/C26H39N/c27-22-14-9-7-5-3-1-2-4-6-8-11-15-24-18-20-26(21-19-24)23-25-16-12-10-13-17-25/h10,12-13,16-20,23H,1-9,11,14-15,21-22,27H2. The highest BCUT2D eigenvalue weighted by Crippen LogP contribution is 2.22. The Labute approximate surface area is 167 Å². The summed E-state index contributed by atoms with van der Waals surface area (Å²) >= 11 is 0. The first-order valence-corrected chi connectivity index (χ1v) is 11.2. The summed E-state index contributed by atoms with van der Waals surface area (Å²) in [6.45, 7) is 0.859. The zero-order valence-corrected chi connectivity index (χ0v) is 17.2. The van der Waals surface area contributed by atoms with Crippen LogP contribution in [0, 0.1) is 0 Å². The summed E-state index contributed by atoms with van der Waals surface area (Å²) in [5, 5.41) is 0. The van der Waals surface area contributed by atoms with Gasteiger partial charge in [-0.3, -0.25) is 0 Å². The topological polar surface area (TPSA) is 26.0 Å². The molecular formula is C26H39N. The molecule has 0 bridgehead atoms. The predicted molar refractivity (Wildman–Crippen MR) is 121 cm³/mol. The van der Waals surface area contributed by atoms with Crippen LogP contribution in [0.25, 0.3) is 6.08 Å². The highest BCUT2D eigenvalue weighted by molar-refractivity contribution is 5.57. The molecule has 1 nitrogen and oxygen atoms in total. The first-order chi connectivity index (χ1) is 13.4. The second-order valence-electron chi connectivity index (χ2n) is 7.87. The molecule has 0 amide bonds. The monoisotopic (exact) mass is 365 g/mol. The van der Waals surface area contributed by atoms with Crippen molar-refractivity contribution in [2.75, 3.05) is 6.54 Å². The summed E-state index contributed by atoms with van der Waals surface area (Å²) in [5.41, 5.74) is 9.75. The van der Waals surface area contributed by atoms with Gasteiger partial charge >= 0.3 is 0 Å². The molecular weight excluding hydrogens is 326 g/mol. The first-order valence-electron chi connectivity index (χ1n) is 11.2. The van der Waals surface area contributed by atoms with E-state index in [0.29, 0.717) is 0 Å². The van der Waals surface area contributed by atoms with E-state index in [-0.39, 0.29) is 0 Å². The minimum Gasteiger partial charge on any atom is -0.330 e. The second-order valence-corrected chi connectivity index (χ2v) is 7.87. The van der Waals surface area contributed by atoms with Crippen LogP contribution in [0.5, 0.6) is 0 Å². The van der Waals surface area contributed by atoms with Gasteiger partial charge in [-0.15, -0.1) is 0 Å². The van der Waals surface area contributed by atoms with Crippen molar-refractivity contribution in [3.63, 3.8) is 0 Å². The van der Waals surface area contributed by atoms with Crippen molar-refractivity contribution in [2.45, 2.75) is 83.5 Å². The molecule has 1 heteroatoms. The van der Waals surface area contributed by atoms with Gasteiger partial charge in [0.15, 0.2) is 0 Å². The van der Waals surface area contributed by atoms with E-state index < -0.39 is 0 Å². The molecule has 0 saturated heterocycles. The minimum atomic E-state index is 0.859. The third-order valence-electron chi connectivity index (χ3n) is 5.43. The van der Waals surface area contributed by atoms with Gasteiger partial charge in [0.05, 0.1) is 0 Å². The lowest BCUT2D eigenvalue weighted by atomic mass is 9.96. The van der Waals surface area contributed by atoms with Crippen LogP contribution in [-0.4, -0.2) is 6.54 Å². The van der Waals surface area contributed by atoms with E-state index in [0.717, 1.165) is 13.0 Å². The molecule has 2 rings (SSSR count). The van der Waals surface area contributed by atoms with Crippen LogP contribution >= 0.6 is 0 Å². The normalized spacial score (nSPS) is 15.3. The average molecular weight is 366 g/mol. The number of rotatable bonds is 14. The fraction of sp³-hybridized carbons (Fsp3) is 0.538. The summed E-state index contributed by atoms with van der Waals surface area (Å²) in [7, 11) is 0. The Balaban J connectivity index is 1.45. The van der Waals surface area contributed by atoms with E-state index in [1.807, 2.05) is 0 Å². The van der Waals surface area contributed by atoms with Crippen LogP contribution in [0.4, 0.5) is 0 Å². The third-order valence-corrected chi connectivity index (χ3v) is 5.43. The molecule has 0 spiro atoms. The Kier molecular flexibility index (Phi) is 11.6. The zero-order chi connectivity index (χ0) is 19.0. The van der Waals surface area contributed by atoms with Gasteiger partial charge in [-0.25, -0.2) is 0 Å². The van der Waals surface area contributed by atoms with Crippen molar-refractivity contribution in [2.24, 2.45) is 5.73 Å². The van der Waals surface area contributed by atoms with Gasteiger partial charge in [0.1, 0.15) is 0 Å². The Morgan fingerprint density at radius 3 is 1.85 bits per heavy atom. The number of hydrogen-bond donors (Lipinski definition) is 1. The number of allylic oxidation sites excluding steroid dienone is 5. The average Bonchev–Trinajstić information content (AvgIpc) is 2.71. The molecule has 0 unspecified atom stereocenters. The van der Waals surface area contributed by atoms with E-state index in [9.17, 15) is 0 Å². The maximum Gasteiger partial charge on any atom is -0.00773 e. The van der Waals surface area contributed by atoms with Crippen molar-refractivity contribution in [1.82, 2.24) is 0 Å². The SMILES string of the molecule is NCCCCCCCCCCCCCC1=CCC(=Cc2ccccc2)C=C1. The lowest BCUT2D eigenvalue weighted by molar-refractivity contribution is 0.547. The van der Waals surface area contributed by atoms with E-state index in [4.69, 9.17) is 5.73 Å². The molecule has 148 valence electrons. The Morgan fingerprint density at radius 1 is 0.704 bits per heavy atom. The Morgan fingerprint density at radius 2 is 1.30 bits per heavy atom. The summed E-state index contributed by atoms with van der Waals surface area (Å²) in [4.78, 5) is 0. The number of hydrogen-bond acceptors (Lipinski definition) is 1. The molecule has 0 radical (unpaired) electrons. The van der Waals surface area contributed by atoms with Gasteiger partial charge in [-0.2, -0.15) is 0 Å². The van der Waals surface area contributed by atoms with E-state index in [2.05, 4.69) is 54.6 Å². The molecule has 0 aromatic heterocycles. The smallest absolute Gasteiger partial charge is 0.00773 e. The minimum absolute atomic E-state index is 0.859. The van der Waals surface area contributed by atoms with E-state index >= 15 is 0 Å². The molecule has 0 aliphatic heterocycles. The molecule has 1 aromatic rings. The molecule has 1 aliphatic carbocycles. The van der Waals surface area contributed by atoms with E-state index in [1.54, 1.807) is 0 Å². The van der Waals surface area contributed by atoms with Crippen molar-refractivity contribution in [1.29, 1.82) is 0 Å². The summed E-state index contributed by atoms with van der Waals surface area (Å²) < 4.78 is 0. The van der Waals surface area contributed by atoms with Crippen LogP contribution in [0.15, 0.2) is 59.7 Å². The molecule has 0 fully saturated rings. The van der Waals surface area contributed by atoms with Crippen LogP contribution in [0.1, 0.15) is 89.0 Å². The van der Waals surface area contributed by atoms with Crippen LogP contribution in [0.2, 0.25) is 0 Å². The lowest BCUT2D eigenvalue weighted by Crippen LogP contribution is -1.97. The fourth-order valence-corrected chi connectivity index (χ4v) is 3.72. The van der Waals surface area contributed by atoms with Crippen molar-refractivity contribution < 1.29 is 0 Å². The van der Waals surface area contributed by atoms with Gasteiger partial charge in [-0.05, 0) is 43.4 Å². The number of benzene rings is 1. The largest absolute Gasteiger partial charge is 0.330 e. The molecule has 0 saturated carbocycles. The molecule has 0 heterocycles. The predicted octanol–water partition coefficient (Wildman–Crippen LogP) is 7.60. The van der Waals surface area contributed by atoms with Crippen molar-refractivity contribution in [3.05, 3.63) is 65.3 Å². The van der Waals surface area contributed by atoms with Gasteiger partial charge in [0, 0.05) is 0 Å². The van der Waals surface area contributed by atoms with Crippen molar-refractivity contribution in [3.8, 4) is 0 Å². The highest BCUT2D eigenvalue weighted by Gasteiger charge is 2.02. The molecule has 1 aromatic carbocycles. The Bertz CT molecular complexity index is 579. The van der Waals surface area contributed by atoms with Crippen molar-refractivity contribution >= 4 is 6.08 Å². The summed E-state index contributed by atoms with van der Waals surface area (Å²) in [6.07, 6.45) is 26.8. The van der Waals surface area contributed by atoms with Gasteiger partial charge in [-0.1, -0.05) is 118 Å². The molecule has 2 N–H and O–H groups in total. The third kappa shape index (κ3) is 10.3. The van der Waals surface area contributed by atoms with Gasteiger partial charge < -0.3 is 5.73 Å². The van der Waals surface area contributed by atoms with Crippen LogP contribution in [0.3, 0.4) is 0 Å². The molecule has 0 atom stereocenters. The van der Waals surface area contributed by atoms with Crippen LogP contribution in [-0.2, 0) is 0 Å². The quantitative estimate of drug-likeness (QED) is 0.337. The maximum atomic E-state index is 5.52. The Hall–Kier alpha value is -1.60. The molecule has 27 heavy (non-hydrogen) atoms. The summed E-state index contributed by atoms with van der Waals surface area (Å²) in [5.74, 6) is 0. The van der Waals surface area contributed by atoms with Crippen LogP contribution < -0.4 is 5.73 Å². The highest BCUT2D eigenvalue weighted by atomic mass is 14.5. The summed E-state index contributed by atoms with van der Waals surface area (Å²) in [6, 6.07) is 10.6. The first kappa shape index (κ1) is 21.7.